The van der Waals surface area contributed by atoms with Crippen LogP contribution in [0.25, 0.3) is 11.4 Å². The van der Waals surface area contributed by atoms with E-state index in [9.17, 15) is 4.79 Å². The van der Waals surface area contributed by atoms with E-state index in [2.05, 4.69) is 15.5 Å². The Hall–Kier alpha value is -1.57. The number of halogens is 1. The monoisotopic (exact) mass is 382 g/mol. The van der Waals surface area contributed by atoms with Crippen LogP contribution in [-0.4, -0.2) is 46.2 Å². The average molecular weight is 383 g/mol. The van der Waals surface area contributed by atoms with Crippen molar-refractivity contribution in [3.63, 3.8) is 0 Å². The fourth-order valence-electron chi connectivity index (χ4n) is 2.30. The van der Waals surface area contributed by atoms with Crippen LogP contribution in [0.15, 0.2) is 29.4 Å². The number of methoxy groups -OCH3 is 1. The third kappa shape index (κ3) is 5.73. The Kier molecular flexibility index (Phi) is 7.74. The van der Waals surface area contributed by atoms with E-state index in [4.69, 9.17) is 16.3 Å². The number of nitrogens with zero attached hydrogens (tertiary/aromatic N) is 3. The summed E-state index contributed by atoms with van der Waals surface area (Å²) in [5, 5.41) is 12.8. The van der Waals surface area contributed by atoms with Crippen molar-refractivity contribution >= 4 is 29.3 Å². The minimum atomic E-state index is -0.0225. The van der Waals surface area contributed by atoms with Crippen molar-refractivity contribution in [2.24, 2.45) is 0 Å². The molecule has 6 nitrogen and oxygen atoms in total. The molecule has 0 aliphatic carbocycles. The first-order valence-corrected chi connectivity index (χ1v) is 9.48. The van der Waals surface area contributed by atoms with Gasteiger partial charge in [0.1, 0.15) is 0 Å². The molecule has 1 aromatic heterocycles. The minimum Gasteiger partial charge on any atom is -0.385 e. The lowest BCUT2D eigenvalue weighted by molar-refractivity contribution is -0.119. The Morgan fingerprint density at radius 3 is 2.80 bits per heavy atom. The summed E-state index contributed by atoms with van der Waals surface area (Å²) in [5.74, 6) is 0.975. The predicted octanol–water partition coefficient (Wildman–Crippen LogP) is 3.25. The molecule has 0 radical (unpaired) electrons. The zero-order valence-corrected chi connectivity index (χ0v) is 16.2. The van der Waals surface area contributed by atoms with Gasteiger partial charge in [0.25, 0.3) is 0 Å². The molecule has 2 aromatic rings. The van der Waals surface area contributed by atoms with Crippen molar-refractivity contribution in [2.75, 3.05) is 19.5 Å². The highest BCUT2D eigenvalue weighted by atomic mass is 35.5. The first-order valence-electron chi connectivity index (χ1n) is 8.12. The van der Waals surface area contributed by atoms with Gasteiger partial charge in [-0.3, -0.25) is 4.79 Å². The number of carbonyl (C=O) groups is 1. The minimum absolute atomic E-state index is 0.0225. The maximum atomic E-state index is 11.9. The van der Waals surface area contributed by atoms with Gasteiger partial charge in [-0.25, -0.2) is 0 Å². The molecule has 1 aromatic carbocycles. The zero-order valence-electron chi connectivity index (χ0n) is 14.7. The van der Waals surface area contributed by atoms with E-state index in [-0.39, 0.29) is 11.9 Å². The summed E-state index contributed by atoms with van der Waals surface area (Å²) in [4.78, 5) is 11.9. The van der Waals surface area contributed by atoms with Crippen molar-refractivity contribution in [2.45, 2.75) is 38.0 Å². The molecule has 25 heavy (non-hydrogen) atoms. The lowest BCUT2D eigenvalue weighted by atomic mass is 10.2. The van der Waals surface area contributed by atoms with Crippen LogP contribution >= 0.6 is 23.4 Å². The highest BCUT2D eigenvalue weighted by molar-refractivity contribution is 7.99. The summed E-state index contributed by atoms with van der Waals surface area (Å²) < 4.78 is 7.13. The molecule has 8 heteroatoms. The predicted molar refractivity (Wildman–Crippen MR) is 101 cm³/mol. The van der Waals surface area contributed by atoms with Crippen molar-refractivity contribution in [3.05, 3.63) is 29.3 Å². The molecule has 1 N–H and O–H groups in total. The fraction of sp³-hybridized carbons (Fsp3) is 0.471. The van der Waals surface area contributed by atoms with E-state index in [0.717, 1.165) is 12.0 Å². The molecular formula is C17H23ClN4O2S. The number of nitrogens with one attached hydrogen (secondary N) is 1. The lowest BCUT2D eigenvalue weighted by Gasteiger charge is -2.11. The van der Waals surface area contributed by atoms with Gasteiger partial charge in [0.15, 0.2) is 11.0 Å². The molecule has 0 aliphatic heterocycles. The van der Waals surface area contributed by atoms with Gasteiger partial charge >= 0.3 is 0 Å². The molecule has 0 saturated heterocycles. The van der Waals surface area contributed by atoms with Crippen LogP contribution in [0.4, 0.5) is 0 Å². The highest BCUT2D eigenvalue weighted by Gasteiger charge is 2.17. The largest absolute Gasteiger partial charge is 0.385 e. The van der Waals surface area contributed by atoms with Gasteiger partial charge in [-0.15, -0.1) is 10.2 Å². The first-order chi connectivity index (χ1) is 12.0. The second-order valence-electron chi connectivity index (χ2n) is 5.79. The van der Waals surface area contributed by atoms with Crippen molar-refractivity contribution in [3.8, 4) is 11.4 Å². The van der Waals surface area contributed by atoms with Crippen LogP contribution in [0.3, 0.4) is 0 Å². The maximum Gasteiger partial charge on any atom is 0.230 e. The van der Waals surface area contributed by atoms with E-state index >= 15 is 0 Å². The second-order valence-corrected chi connectivity index (χ2v) is 7.14. The summed E-state index contributed by atoms with van der Waals surface area (Å²) in [6.07, 6.45) is 0.817. The van der Waals surface area contributed by atoms with Crippen LogP contribution < -0.4 is 5.32 Å². The molecule has 0 unspecified atom stereocenters. The summed E-state index contributed by atoms with van der Waals surface area (Å²) >= 11 is 7.68. The summed E-state index contributed by atoms with van der Waals surface area (Å²) in [6.45, 7) is 5.20. The van der Waals surface area contributed by atoms with Crippen LogP contribution in [0.5, 0.6) is 0 Å². The molecule has 1 amide bonds. The van der Waals surface area contributed by atoms with Crippen LogP contribution in [0.2, 0.25) is 5.02 Å². The zero-order chi connectivity index (χ0) is 18.2. The van der Waals surface area contributed by atoms with E-state index in [1.54, 1.807) is 7.11 Å². The smallest absolute Gasteiger partial charge is 0.230 e. The normalized spacial score (nSPS) is 11.1. The van der Waals surface area contributed by atoms with Gasteiger partial charge in [-0.1, -0.05) is 35.5 Å². The number of thioether (sulfide) groups is 1. The number of rotatable bonds is 9. The van der Waals surface area contributed by atoms with Gasteiger partial charge in [-0.05, 0) is 32.4 Å². The van der Waals surface area contributed by atoms with Gasteiger partial charge in [-0.2, -0.15) is 0 Å². The number of amides is 1. The fourth-order valence-corrected chi connectivity index (χ4v) is 3.30. The van der Waals surface area contributed by atoms with Crippen LogP contribution in [0, 0.1) is 0 Å². The Bertz CT molecular complexity index is 706. The second kappa shape index (κ2) is 9.79. The standard InChI is InChI=1S/C17H23ClN4O2S/c1-12(2)19-15(23)11-25-17-21-20-16(22(17)9-6-10-24-3)13-7-4-5-8-14(13)18/h4-5,7-8,12H,6,9-11H2,1-3H3,(H,19,23). The van der Waals surface area contributed by atoms with Gasteiger partial charge in [0.05, 0.1) is 10.8 Å². The quantitative estimate of drug-likeness (QED) is 0.532. The molecule has 1 heterocycles. The van der Waals surface area contributed by atoms with Gasteiger partial charge in [0.2, 0.25) is 5.91 Å². The van der Waals surface area contributed by atoms with Gasteiger partial charge in [0, 0.05) is 31.9 Å². The summed E-state index contributed by atoms with van der Waals surface area (Å²) in [6, 6.07) is 7.65. The molecular weight excluding hydrogens is 360 g/mol. The number of aromatic nitrogens is 3. The van der Waals surface area contributed by atoms with E-state index in [1.165, 1.54) is 11.8 Å². The molecule has 0 saturated carbocycles. The maximum absolute atomic E-state index is 11.9. The Labute approximate surface area is 157 Å². The molecule has 0 spiro atoms. The third-order valence-electron chi connectivity index (χ3n) is 3.34. The SMILES string of the molecule is COCCCn1c(SCC(=O)NC(C)C)nnc1-c1ccccc1Cl. The number of hydrogen-bond donors (Lipinski definition) is 1. The summed E-state index contributed by atoms with van der Waals surface area (Å²) in [7, 11) is 1.67. The van der Waals surface area contributed by atoms with E-state index < -0.39 is 0 Å². The van der Waals surface area contributed by atoms with Crippen molar-refractivity contribution in [1.29, 1.82) is 0 Å². The molecule has 0 fully saturated rings. The van der Waals surface area contributed by atoms with Crippen molar-refractivity contribution < 1.29 is 9.53 Å². The Balaban J connectivity index is 2.21. The molecule has 0 atom stereocenters. The van der Waals surface area contributed by atoms with Crippen LogP contribution in [-0.2, 0) is 16.1 Å². The molecule has 0 bridgehead atoms. The topological polar surface area (TPSA) is 69.0 Å². The molecule has 2 rings (SSSR count). The first kappa shape index (κ1) is 19.8. The molecule has 0 aliphatic rings. The number of benzene rings is 1. The van der Waals surface area contributed by atoms with Gasteiger partial charge < -0.3 is 14.6 Å². The number of carbonyl (C=O) groups excluding carboxylic acids is 1. The average Bonchev–Trinajstić information content (AvgIpc) is 2.96. The van der Waals surface area contributed by atoms with Crippen molar-refractivity contribution in [1.82, 2.24) is 20.1 Å². The number of ether oxygens (including phenoxy) is 1. The Morgan fingerprint density at radius 1 is 1.36 bits per heavy atom. The third-order valence-corrected chi connectivity index (χ3v) is 4.64. The number of hydrogen-bond acceptors (Lipinski definition) is 5. The lowest BCUT2D eigenvalue weighted by Crippen LogP contribution is -2.31. The highest BCUT2D eigenvalue weighted by Crippen LogP contribution is 2.29. The van der Waals surface area contributed by atoms with Crippen LogP contribution in [0.1, 0.15) is 20.3 Å². The Morgan fingerprint density at radius 2 is 2.12 bits per heavy atom. The van der Waals surface area contributed by atoms with E-state index in [0.29, 0.717) is 34.9 Å². The van der Waals surface area contributed by atoms with E-state index in [1.807, 2.05) is 42.7 Å². The molecule has 136 valence electrons. The summed E-state index contributed by atoms with van der Waals surface area (Å²) in [5.41, 5.74) is 0.826.